The number of nitrogens with one attached hydrogen (secondary N) is 1. The largest absolute Gasteiger partial charge is 0.398 e. The molecule has 2 heterocycles. The number of nitrogens with zero attached hydrogens (tertiary/aromatic N) is 2. The minimum absolute atomic E-state index is 0.278. The standard InChI is InChI=1S/C15H14N4O2/c1-8-7-17-13(6-12(8)16)18-9-3-4-10-11(5-9)15(21)19(2)14(10)20/h3-7H,1-2H3,(H3,16,17,18). The summed E-state index contributed by atoms with van der Waals surface area (Å²) < 4.78 is 0. The SMILES string of the molecule is Cc1cnc(Nc2ccc3c(c2)C(=O)N(C)C3=O)cc1N. The minimum Gasteiger partial charge on any atom is -0.398 e. The molecule has 1 aromatic carbocycles. The number of aryl methyl sites for hydroxylation is 1. The Labute approximate surface area is 121 Å². The Bertz CT molecular complexity index is 770. The predicted octanol–water partition coefficient (Wildman–Crippen LogP) is 1.94. The molecule has 106 valence electrons. The highest BCUT2D eigenvalue weighted by atomic mass is 16.2. The Morgan fingerprint density at radius 2 is 1.86 bits per heavy atom. The van der Waals surface area contributed by atoms with Gasteiger partial charge in [-0.2, -0.15) is 0 Å². The summed E-state index contributed by atoms with van der Waals surface area (Å²) in [4.78, 5) is 29.1. The number of carbonyl (C=O) groups excluding carboxylic acids is 2. The van der Waals surface area contributed by atoms with Gasteiger partial charge in [-0.1, -0.05) is 0 Å². The molecule has 0 radical (unpaired) electrons. The number of hydrogen-bond donors (Lipinski definition) is 2. The van der Waals surface area contributed by atoms with Crippen molar-refractivity contribution in [2.75, 3.05) is 18.1 Å². The highest BCUT2D eigenvalue weighted by molar-refractivity contribution is 6.21. The highest BCUT2D eigenvalue weighted by Crippen LogP contribution is 2.26. The lowest BCUT2D eigenvalue weighted by atomic mass is 10.1. The van der Waals surface area contributed by atoms with Crippen molar-refractivity contribution in [3.8, 4) is 0 Å². The van der Waals surface area contributed by atoms with E-state index in [9.17, 15) is 9.59 Å². The van der Waals surface area contributed by atoms with E-state index >= 15 is 0 Å². The maximum Gasteiger partial charge on any atom is 0.261 e. The van der Waals surface area contributed by atoms with Crippen LogP contribution in [0, 0.1) is 6.92 Å². The molecule has 0 fully saturated rings. The fourth-order valence-electron chi connectivity index (χ4n) is 2.19. The van der Waals surface area contributed by atoms with Gasteiger partial charge in [-0.25, -0.2) is 4.98 Å². The first-order chi connectivity index (χ1) is 9.97. The fraction of sp³-hybridized carbons (Fsp3) is 0.133. The summed E-state index contributed by atoms with van der Waals surface area (Å²) in [6.45, 7) is 1.88. The van der Waals surface area contributed by atoms with Gasteiger partial charge in [0.2, 0.25) is 0 Å². The second-order valence-corrected chi connectivity index (χ2v) is 4.98. The van der Waals surface area contributed by atoms with E-state index in [-0.39, 0.29) is 11.8 Å². The number of carbonyl (C=O) groups is 2. The van der Waals surface area contributed by atoms with E-state index in [0.29, 0.717) is 28.3 Å². The highest BCUT2D eigenvalue weighted by Gasteiger charge is 2.32. The molecule has 6 nitrogen and oxygen atoms in total. The van der Waals surface area contributed by atoms with Crippen LogP contribution in [0.1, 0.15) is 26.3 Å². The third kappa shape index (κ3) is 2.10. The number of nitrogen functional groups attached to an aromatic ring is 1. The van der Waals surface area contributed by atoms with E-state index < -0.39 is 0 Å². The smallest absolute Gasteiger partial charge is 0.261 e. The van der Waals surface area contributed by atoms with Crippen LogP contribution in [0.5, 0.6) is 0 Å². The molecule has 3 N–H and O–H groups in total. The number of nitrogens with two attached hydrogens (primary N) is 1. The molecule has 21 heavy (non-hydrogen) atoms. The summed E-state index contributed by atoms with van der Waals surface area (Å²) in [6, 6.07) is 6.75. The van der Waals surface area contributed by atoms with Gasteiger partial charge in [0.15, 0.2) is 0 Å². The number of aromatic nitrogens is 1. The predicted molar refractivity (Wildman–Crippen MR) is 79.5 cm³/mol. The maximum absolute atomic E-state index is 12.0. The van der Waals surface area contributed by atoms with E-state index in [2.05, 4.69) is 10.3 Å². The molecule has 0 bridgehead atoms. The Kier molecular flexibility index (Phi) is 2.86. The van der Waals surface area contributed by atoms with Crippen LogP contribution >= 0.6 is 0 Å². The number of benzene rings is 1. The van der Waals surface area contributed by atoms with Gasteiger partial charge in [0, 0.05) is 30.7 Å². The van der Waals surface area contributed by atoms with Gasteiger partial charge in [-0.15, -0.1) is 0 Å². The van der Waals surface area contributed by atoms with Crippen LogP contribution in [-0.2, 0) is 0 Å². The van der Waals surface area contributed by atoms with Crippen LogP contribution in [0.4, 0.5) is 17.2 Å². The normalized spacial score (nSPS) is 13.5. The first kappa shape index (κ1) is 13.1. The molecule has 3 rings (SSSR count). The molecule has 0 spiro atoms. The molecule has 1 aliphatic heterocycles. The van der Waals surface area contributed by atoms with Crippen LogP contribution in [0.2, 0.25) is 0 Å². The average molecular weight is 282 g/mol. The zero-order valence-electron chi connectivity index (χ0n) is 11.7. The Balaban J connectivity index is 1.93. The Hall–Kier alpha value is -2.89. The van der Waals surface area contributed by atoms with Crippen molar-refractivity contribution < 1.29 is 9.59 Å². The number of hydrogen-bond acceptors (Lipinski definition) is 5. The summed E-state index contributed by atoms with van der Waals surface area (Å²) in [5.41, 5.74) is 8.87. The number of fused-ring (bicyclic) bond motifs is 1. The van der Waals surface area contributed by atoms with Gasteiger partial charge in [0.25, 0.3) is 11.8 Å². The van der Waals surface area contributed by atoms with Crippen molar-refractivity contribution in [1.29, 1.82) is 0 Å². The number of imide groups is 1. The van der Waals surface area contributed by atoms with E-state index in [1.54, 1.807) is 30.5 Å². The molecule has 6 heteroatoms. The van der Waals surface area contributed by atoms with Gasteiger partial charge in [-0.05, 0) is 30.7 Å². The van der Waals surface area contributed by atoms with Crippen molar-refractivity contribution >= 4 is 29.0 Å². The average Bonchev–Trinajstić information content (AvgIpc) is 2.68. The second-order valence-electron chi connectivity index (χ2n) is 4.98. The van der Waals surface area contributed by atoms with Gasteiger partial charge in [-0.3, -0.25) is 14.5 Å². The van der Waals surface area contributed by atoms with Crippen LogP contribution in [0.25, 0.3) is 0 Å². The third-order valence-electron chi connectivity index (χ3n) is 3.51. The summed E-state index contributed by atoms with van der Waals surface area (Å²) in [5, 5.41) is 3.08. The van der Waals surface area contributed by atoms with Crippen molar-refractivity contribution in [2.24, 2.45) is 0 Å². The van der Waals surface area contributed by atoms with Crippen molar-refractivity contribution in [3.63, 3.8) is 0 Å². The molecular weight excluding hydrogens is 268 g/mol. The second kappa shape index (κ2) is 4.59. The molecule has 1 aromatic heterocycles. The molecular formula is C15H14N4O2. The van der Waals surface area contributed by atoms with E-state index in [4.69, 9.17) is 5.73 Å². The maximum atomic E-state index is 12.0. The van der Waals surface area contributed by atoms with E-state index in [0.717, 1.165) is 10.5 Å². The summed E-state index contributed by atoms with van der Waals surface area (Å²) in [7, 11) is 1.47. The van der Waals surface area contributed by atoms with Crippen LogP contribution in [0.3, 0.4) is 0 Å². The lowest BCUT2D eigenvalue weighted by Gasteiger charge is -2.08. The summed E-state index contributed by atoms with van der Waals surface area (Å²) >= 11 is 0. The molecule has 0 saturated heterocycles. The lowest BCUT2D eigenvalue weighted by molar-refractivity contribution is 0.0693. The quantitative estimate of drug-likeness (QED) is 0.822. The van der Waals surface area contributed by atoms with Gasteiger partial charge in [0.05, 0.1) is 11.1 Å². The molecule has 0 saturated carbocycles. The number of pyridine rings is 1. The summed E-state index contributed by atoms with van der Waals surface area (Å²) in [5.74, 6) is 0.0115. The summed E-state index contributed by atoms with van der Waals surface area (Å²) in [6.07, 6.45) is 1.67. The van der Waals surface area contributed by atoms with Crippen LogP contribution in [-0.4, -0.2) is 28.7 Å². The van der Waals surface area contributed by atoms with E-state index in [1.165, 1.54) is 7.05 Å². The Morgan fingerprint density at radius 3 is 2.57 bits per heavy atom. The number of anilines is 3. The zero-order chi connectivity index (χ0) is 15.1. The minimum atomic E-state index is -0.296. The van der Waals surface area contributed by atoms with Crippen LogP contribution < -0.4 is 11.1 Å². The topological polar surface area (TPSA) is 88.3 Å². The molecule has 2 amide bonds. The van der Waals surface area contributed by atoms with Gasteiger partial charge in [0.1, 0.15) is 5.82 Å². The zero-order valence-corrected chi connectivity index (χ0v) is 11.7. The first-order valence-corrected chi connectivity index (χ1v) is 6.43. The van der Waals surface area contributed by atoms with Gasteiger partial charge < -0.3 is 11.1 Å². The van der Waals surface area contributed by atoms with Crippen LogP contribution in [0.15, 0.2) is 30.5 Å². The molecule has 0 atom stereocenters. The van der Waals surface area contributed by atoms with E-state index in [1.807, 2.05) is 6.92 Å². The van der Waals surface area contributed by atoms with Crippen molar-refractivity contribution in [3.05, 3.63) is 47.2 Å². The first-order valence-electron chi connectivity index (χ1n) is 6.43. The van der Waals surface area contributed by atoms with Crippen molar-refractivity contribution in [1.82, 2.24) is 9.88 Å². The molecule has 2 aromatic rings. The number of amides is 2. The monoisotopic (exact) mass is 282 g/mol. The third-order valence-corrected chi connectivity index (χ3v) is 3.51. The molecule has 0 aliphatic carbocycles. The van der Waals surface area contributed by atoms with Gasteiger partial charge >= 0.3 is 0 Å². The van der Waals surface area contributed by atoms with Crippen molar-refractivity contribution in [2.45, 2.75) is 6.92 Å². The molecule has 0 unspecified atom stereocenters. The Morgan fingerprint density at radius 1 is 1.14 bits per heavy atom. The number of rotatable bonds is 2. The lowest BCUT2D eigenvalue weighted by Crippen LogP contribution is -2.24. The fourth-order valence-corrected chi connectivity index (χ4v) is 2.19. The molecule has 1 aliphatic rings.